The summed E-state index contributed by atoms with van der Waals surface area (Å²) in [7, 11) is 1.64. The first-order chi connectivity index (χ1) is 8.10. The average molecular weight is 362 g/mol. The zero-order valence-corrected chi connectivity index (χ0v) is 12.2. The predicted octanol–water partition coefficient (Wildman–Crippen LogP) is 2.44. The van der Waals surface area contributed by atoms with Gasteiger partial charge in [-0.05, 0) is 39.7 Å². The lowest BCUT2D eigenvalue weighted by Gasteiger charge is -2.07. The number of rotatable bonds is 3. The van der Waals surface area contributed by atoms with Crippen molar-refractivity contribution in [3.63, 3.8) is 0 Å². The Morgan fingerprint density at radius 1 is 1.41 bits per heavy atom. The Morgan fingerprint density at radius 3 is 2.76 bits per heavy atom. The van der Waals surface area contributed by atoms with Crippen LogP contribution in [-0.4, -0.2) is 21.9 Å². The molecule has 0 aliphatic rings. The number of aromatic nitrogens is 3. The van der Waals surface area contributed by atoms with E-state index in [2.05, 4.69) is 41.9 Å². The summed E-state index contributed by atoms with van der Waals surface area (Å²) in [5, 5.41) is 4.08. The summed E-state index contributed by atoms with van der Waals surface area (Å²) < 4.78 is 8.44. The molecule has 1 aromatic carbocycles. The highest BCUT2D eigenvalue weighted by atomic mass is 79.9. The second-order valence-corrected chi connectivity index (χ2v) is 4.92. The van der Waals surface area contributed by atoms with Crippen molar-refractivity contribution in [2.45, 2.75) is 6.54 Å². The molecular formula is C10H10Br2N4O. The van der Waals surface area contributed by atoms with Crippen molar-refractivity contribution in [3.05, 3.63) is 33.0 Å². The summed E-state index contributed by atoms with van der Waals surface area (Å²) in [6, 6.07) is 5.76. The number of benzene rings is 1. The fourth-order valence-electron chi connectivity index (χ4n) is 1.40. The number of nitrogens with two attached hydrogens (primary N) is 1. The normalized spacial score (nSPS) is 10.5. The summed E-state index contributed by atoms with van der Waals surface area (Å²) in [4.78, 5) is 3.98. The Kier molecular flexibility index (Phi) is 3.68. The molecule has 2 rings (SSSR count). The van der Waals surface area contributed by atoms with Crippen molar-refractivity contribution in [2.24, 2.45) is 0 Å². The van der Waals surface area contributed by atoms with Gasteiger partial charge in [-0.3, -0.25) is 0 Å². The maximum absolute atomic E-state index is 5.52. The van der Waals surface area contributed by atoms with Crippen LogP contribution in [0.2, 0.25) is 0 Å². The van der Waals surface area contributed by atoms with Gasteiger partial charge in [0.05, 0.1) is 13.7 Å². The largest absolute Gasteiger partial charge is 0.497 e. The van der Waals surface area contributed by atoms with Crippen LogP contribution in [0.3, 0.4) is 0 Å². The molecule has 0 amide bonds. The third-order valence-corrected chi connectivity index (χ3v) is 3.58. The molecule has 17 heavy (non-hydrogen) atoms. The van der Waals surface area contributed by atoms with Crippen LogP contribution in [-0.2, 0) is 6.54 Å². The Morgan fingerprint density at radius 2 is 2.18 bits per heavy atom. The molecule has 5 nitrogen and oxygen atoms in total. The lowest BCUT2D eigenvalue weighted by atomic mass is 10.2. The third kappa shape index (κ3) is 2.78. The molecule has 0 radical (unpaired) electrons. The predicted molar refractivity (Wildman–Crippen MR) is 71.9 cm³/mol. The van der Waals surface area contributed by atoms with Crippen LogP contribution in [0.15, 0.2) is 27.4 Å². The molecule has 0 spiro atoms. The second kappa shape index (κ2) is 5.05. The van der Waals surface area contributed by atoms with Crippen molar-refractivity contribution in [1.82, 2.24) is 14.8 Å². The number of hydrogen-bond donors (Lipinski definition) is 1. The van der Waals surface area contributed by atoms with E-state index in [0.29, 0.717) is 11.3 Å². The summed E-state index contributed by atoms with van der Waals surface area (Å²) in [5.74, 6) is 1.04. The molecule has 0 saturated carbocycles. The van der Waals surface area contributed by atoms with Crippen LogP contribution in [0.5, 0.6) is 5.75 Å². The van der Waals surface area contributed by atoms with Gasteiger partial charge in [-0.15, -0.1) is 5.10 Å². The van der Waals surface area contributed by atoms with Crippen LogP contribution in [0, 0.1) is 0 Å². The average Bonchev–Trinajstić information content (AvgIpc) is 2.60. The molecule has 0 atom stereocenters. The lowest BCUT2D eigenvalue weighted by Crippen LogP contribution is -2.03. The van der Waals surface area contributed by atoms with E-state index in [1.54, 1.807) is 11.8 Å². The minimum atomic E-state index is 0.246. The zero-order valence-electron chi connectivity index (χ0n) is 9.02. The van der Waals surface area contributed by atoms with Gasteiger partial charge < -0.3 is 10.5 Å². The number of nitrogen functional groups attached to an aromatic ring is 1. The van der Waals surface area contributed by atoms with E-state index in [4.69, 9.17) is 10.5 Å². The second-order valence-electron chi connectivity index (χ2n) is 3.35. The summed E-state index contributed by atoms with van der Waals surface area (Å²) >= 11 is 6.78. The lowest BCUT2D eigenvalue weighted by molar-refractivity contribution is 0.414. The smallest absolute Gasteiger partial charge is 0.240 e. The van der Waals surface area contributed by atoms with Gasteiger partial charge in [0.15, 0.2) is 4.73 Å². The van der Waals surface area contributed by atoms with E-state index in [0.717, 1.165) is 15.8 Å². The van der Waals surface area contributed by atoms with E-state index >= 15 is 0 Å². The molecule has 0 aliphatic carbocycles. The first-order valence-corrected chi connectivity index (χ1v) is 6.37. The molecule has 1 heterocycles. The minimum absolute atomic E-state index is 0.246. The van der Waals surface area contributed by atoms with Gasteiger partial charge in [-0.25, -0.2) is 4.68 Å². The zero-order chi connectivity index (χ0) is 12.4. The van der Waals surface area contributed by atoms with Crippen molar-refractivity contribution in [2.75, 3.05) is 12.8 Å². The molecule has 1 aromatic heterocycles. The van der Waals surface area contributed by atoms with Gasteiger partial charge in [-0.2, -0.15) is 4.98 Å². The van der Waals surface area contributed by atoms with Crippen LogP contribution >= 0.6 is 31.9 Å². The minimum Gasteiger partial charge on any atom is -0.497 e. The Hall–Kier alpha value is -1.08. The summed E-state index contributed by atoms with van der Waals surface area (Å²) in [5.41, 5.74) is 6.55. The molecule has 0 bridgehead atoms. The number of nitrogens with zero attached hydrogens (tertiary/aromatic N) is 3. The highest BCUT2D eigenvalue weighted by Crippen LogP contribution is 2.24. The Labute approximate surface area is 115 Å². The van der Waals surface area contributed by atoms with Crippen molar-refractivity contribution in [1.29, 1.82) is 0 Å². The van der Waals surface area contributed by atoms with Gasteiger partial charge >= 0.3 is 0 Å². The first-order valence-electron chi connectivity index (χ1n) is 4.78. The first kappa shape index (κ1) is 12.4. The van der Waals surface area contributed by atoms with Crippen molar-refractivity contribution < 1.29 is 4.74 Å². The fraction of sp³-hybridized carbons (Fsp3) is 0.200. The van der Waals surface area contributed by atoms with Crippen LogP contribution < -0.4 is 10.5 Å². The molecule has 0 aliphatic heterocycles. The van der Waals surface area contributed by atoms with Gasteiger partial charge in [0, 0.05) is 4.47 Å². The summed E-state index contributed by atoms with van der Waals surface area (Å²) in [6.07, 6.45) is 0. The third-order valence-electron chi connectivity index (χ3n) is 2.22. The van der Waals surface area contributed by atoms with Gasteiger partial charge in [0.2, 0.25) is 5.95 Å². The van der Waals surface area contributed by atoms with Gasteiger partial charge in [0.1, 0.15) is 5.75 Å². The van der Waals surface area contributed by atoms with Crippen molar-refractivity contribution >= 4 is 37.8 Å². The molecule has 0 saturated heterocycles. The van der Waals surface area contributed by atoms with Crippen molar-refractivity contribution in [3.8, 4) is 5.75 Å². The number of hydrogen-bond acceptors (Lipinski definition) is 4. The number of halogens is 2. The fourth-order valence-corrected chi connectivity index (χ4v) is 2.16. The maximum Gasteiger partial charge on any atom is 0.240 e. The van der Waals surface area contributed by atoms with E-state index in [1.807, 2.05) is 18.2 Å². The molecule has 0 fully saturated rings. The molecule has 7 heteroatoms. The van der Waals surface area contributed by atoms with Crippen LogP contribution in [0.4, 0.5) is 5.95 Å². The molecule has 0 unspecified atom stereocenters. The molecule has 90 valence electrons. The maximum atomic E-state index is 5.52. The highest BCUT2D eigenvalue weighted by molar-refractivity contribution is 9.10. The van der Waals surface area contributed by atoms with Gasteiger partial charge in [-0.1, -0.05) is 15.9 Å². The highest BCUT2D eigenvalue weighted by Gasteiger charge is 2.08. The monoisotopic (exact) mass is 360 g/mol. The summed E-state index contributed by atoms with van der Waals surface area (Å²) in [6.45, 7) is 0.558. The number of methoxy groups -OCH3 is 1. The van der Waals surface area contributed by atoms with E-state index in [-0.39, 0.29) is 5.95 Å². The van der Waals surface area contributed by atoms with Crippen LogP contribution in [0.1, 0.15) is 5.56 Å². The molecule has 2 N–H and O–H groups in total. The SMILES string of the molecule is COc1ccc(Br)c(Cn2nc(N)nc2Br)c1. The van der Waals surface area contributed by atoms with Gasteiger partial charge in [0.25, 0.3) is 0 Å². The number of ether oxygens (including phenoxy) is 1. The quantitative estimate of drug-likeness (QED) is 0.911. The Balaban J connectivity index is 2.32. The number of anilines is 1. The van der Waals surface area contributed by atoms with E-state index < -0.39 is 0 Å². The van der Waals surface area contributed by atoms with E-state index in [1.165, 1.54) is 0 Å². The molecular weight excluding hydrogens is 352 g/mol. The standard InChI is InChI=1S/C10H10Br2N4O/c1-17-7-2-3-8(11)6(4-7)5-16-9(12)14-10(13)15-16/h2-4H,5H2,1H3,(H2,13,15). The van der Waals surface area contributed by atoms with Crippen LogP contribution in [0.25, 0.3) is 0 Å². The Bertz CT molecular complexity index is 541. The van der Waals surface area contributed by atoms with E-state index in [9.17, 15) is 0 Å². The topological polar surface area (TPSA) is 66.0 Å². The molecule has 2 aromatic rings.